The number of ketones is 1. The Morgan fingerprint density at radius 2 is 1.88 bits per heavy atom. The standard InChI is InChI=1S/C24H21N5O3S2/c1-16-14-33-23(26-16)20(12-25)21(30)15-34-24-28-27-22(29(24)17-6-4-3-5-7-17)13-32-19-10-8-18(31-2)9-11-19/h3-11,14,20H,13,15H2,1-2H3/t20-/m1/s1. The number of ether oxygens (including phenoxy) is 2. The lowest BCUT2D eigenvalue weighted by molar-refractivity contribution is -0.116. The van der Waals surface area contributed by atoms with Gasteiger partial charge in [-0.1, -0.05) is 30.0 Å². The molecule has 0 aliphatic heterocycles. The van der Waals surface area contributed by atoms with Crippen LogP contribution < -0.4 is 9.47 Å². The Hall–Kier alpha value is -3.68. The van der Waals surface area contributed by atoms with Crippen molar-refractivity contribution >= 4 is 28.9 Å². The monoisotopic (exact) mass is 491 g/mol. The number of rotatable bonds is 10. The highest BCUT2D eigenvalue weighted by atomic mass is 32.2. The molecule has 2 heterocycles. The highest BCUT2D eigenvalue weighted by Gasteiger charge is 2.25. The number of aryl methyl sites for hydroxylation is 1. The summed E-state index contributed by atoms with van der Waals surface area (Å²) >= 11 is 2.56. The number of aromatic nitrogens is 4. The Balaban J connectivity index is 1.52. The second-order valence-electron chi connectivity index (χ2n) is 7.18. The largest absolute Gasteiger partial charge is 0.497 e. The second kappa shape index (κ2) is 11.0. The van der Waals surface area contributed by atoms with Crippen molar-refractivity contribution in [3.8, 4) is 23.3 Å². The van der Waals surface area contributed by atoms with Gasteiger partial charge in [0.25, 0.3) is 0 Å². The topological polar surface area (TPSA) is 103 Å². The fourth-order valence-corrected chi connectivity index (χ4v) is 4.87. The third-order valence-corrected chi connectivity index (χ3v) is 6.80. The summed E-state index contributed by atoms with van der Waals surface area (Å²) in [5.74, 6) is 0.957. The van der Waals surface area contributed by atoms with Crippen LogP contribution in [-0.4, -0.2) is 38.4 Å². The van der Waals surface area contributed by atoms with E-state index in [0.29, 0.717) is 21.7 Å². The molecule has 4 rings (SSSR count). The van der Waals surface area contributed by atoms with Crippen molar-refractivity contribution < 1.29 is 14.3 Å². The van der Waals surface area contributed by atoms with Gasteiger partial charge in [0.05, 0.1) is 18.9 Å². The zero-order valence-electron chi connectivity index (χ0n) is 18.5. The molecule has 2 aromatic carbocycles. The van der Waals surface area contributed by atoms with Crippen molar-refractivity contribution in [2.75, 3.05) is 12.9 Å². The summed E-state index contributed by atoms with van der Waals surface area (Å²) in [7, 11) is 1.61. The molecule has 0 saturated carbocycles. The van der Waals surface area contributed by atoms with Crippen LogP contribution in [0.5, 0.6) is 11.5 Å². The molecule has 0 saturated heterocycles. The zero-order valence-corrected chi connectivity index (χ0v) is 20.2. The molecular weight excluding hydrogens is 470 g/mol. The van der Waals surface area contributed by atoms with E-state index < -0.39 is 5.92 Å². The Labute approximate surface area is 205 Å². The van der Waals surface area contributed by atoms with Crippen molar-refractivity contribution in [2.24, 2.45) is 0 Å². The van der Waals surface area contributed by atoms with E-state index in [1.54, 1.807) is 7.11 Å². The van der Waals surface area contributed by atoms with Crippen LogP contribution in [0.25, 0.3) is 5.69 Å². The van der Waals surface area contributed by atoms with E-state index in [1.807, 2.05) is 71.5 Å². The fraction of sp³-hybridized carbons (Fsp3) is 0.208. The number of hydrogen-bond acceptors (Lipinski definition) is 9. The molecule has 0 unspecified atom stereocenters. The normalized spacial score (nSPS) is 11.6. The van der Waals surface area contributed by atoms with Gasteiger partial charge in [0, 0.05) is 16.8 Å². The first-order valence-corrected chi connectivity index (χ1v) is 12.2. The minimum absolute atomic E-state index is 0.0706. The molecule has 2 aromatic heterocycles. The fourth-order valence-electron chi connectivity index (χ4n) is 3.13. The average Bonchev–Trinajstić information content (AvgIpc) is 3.48. The molecule has 10 heteroatoms. The Morgan fingerprint density at radius 3 is 2.53 bits per heavy atom. The van der Waals surface area contributed by atoms with Crippen molar-refractivity contribution in [1.82, 2.24) is 19.7 Å². The third-order valence-electron chi connectivity index (χ3n) is 4.82. The Bertz CT molecular complexity index is 1300. The molecule has 172 valence electrons. The van der Waals surface area contributed by atoms with E-state index in [0.717, 1.165) is 17.1 Å². The SMILES string of the molecule is COc1ccc(OCc2nnc(SCC(=O)[C@@H](C#N)c3nc(C)cs3)n2-c2ccccc2)cc1. The number of nitrogens with zero attached hydrogens (tertiary/aromatic N) is 5. The molecule has 0 bridgehead atoms. The summed E-state index contributed by atoms with van der Waals surface area (Å²) in [4.78, 5) is 17.1. The van der Waals surface area contributed by atoms with Gasteiger partial charge in [-0.05, 0) is 43.3 Å². The number of thioether (sulfide) groups is 1. The lowest BCUT2D eigenvalue weighted by Crippen LogP contribution is -2.14. The quantitative estimate of drug-likeness (QED) is 0.297. The highest BCUT2D eigenvalue weighted by molar-refractivity contribution is 7.99. The van der Waals surface area contributed by atoms with Gasteiger partial charge in [-0.15, -0.1) is 21.5 Å². The van der Waals surface area contributed by atoms with Gasteiger partial charge in [0.15, 0.2) is 22.7 Å². The van der Waals surface area contributed by atoms with Gasteiger partial charge in [-0.3, -0.25) is 9.36 Å². The van der Waals surface area contributed by atoms with Crippen LogP contribution in [0.1, 0.15) is 22.4 Å². The van der Waals surface area contributed by atoms with Crippen molar-refractivity contribution in [1.29, 1.82) is 5.26 Å². The van der Waals surface area contributed by atoms with E-state index in [9.17, 15) is 10.1 Å². The molecule has 0 radical (unpaired) electrons. The highest BCUT2D eigenvalue weighted by Crippen LogP contribution is 2.27. The van der Waals surface area contributed by atoms with Crippen molar-refractivity contribution in [3.05, 3.63) is 76.5 Å². The number of methoxy groups -OCH3 is 1. The van der Waals surface area contributed by atoms with Crippen LogP contribution in [0.3, 0.4) is 0 Å². The summed E-state index contributed by atoms with van der Waals surface area (Å²) in [5, 5.41) is 21.0. The Morgan fingerprint density at radius 1 is 1.15 bits per heavy atom. The van der Waals surface area contributed by atoms with E-state index >= 15 is 0 Å². The first kappa shape index (κ1) is 23.5. The van der Waals surface area contributed by atoms with Gasteiger partial charge in [0.1, 0.15) is 23.1 Å². The average molecular weight is 492 g/mol. The van der Waals surface area contributed by atoms with Crippen LogP contribution in [0.2, 0.25) is 0 Å². The molecule has 0 aliphatic carbocycles. The molecular formula is C24H21N5O3S2. The molecule has 34 heavy (non-hydrogen) atoms. The number of hydrogen-bond donors (Lipinski definition) is 0. The predicted molar refractivity (Wildman–Crippen MR) is 130 cm³/mol. The second-order valence-corrected chi connectivity index (χ2v) is 9.01. The van der Waals surface area contributed by atoms with Crippen LogP contribution in [0.15, 0.2) is 65.1 Å². The number of benzene rings is 2. The Kier molecular flexibility index (Phi) is 7.57. The lowest BCUT2D eigenvalue weighted by Gasteiger charge is -2.11. The molecule has 0 amide bonds. The molecule has 1 atom stereocenters. The van der Waals surface area contributed by atoms with Crippen LogP contribution in [0, 0.1) is 18.3 Å². The van der Waals surface area contributed by atoms with E-state index in [1.165, 1.54) is 23.1 Å². The molecule has 0 aliphatic rings. The lowest BCUT2D eigenvalue weighted by atomic mass is 10.1. The van der Waals surface area contributed by atoms with Gasteiger partial charge in [-0.2, -0.15) is 5.26 Å². The predicted octanol–water partition coefficient (Wildman–Crippen LogP) is 4.59. The van der Waals surface area contributed by atoms with Gasteiger partial charge < -0.3 is 9.47 Å². The van der Waals surface area contributed by atoms with Crippen LogP contribution >= 0.6 is 23.1 Å². The molecule has 0 N–H and O–H groups in total. The number of nitriles is 1. The molecule has 4 aromatic rings. The van der Waals surface area contributed by atoms with E-state index in [2.05, 4.69) is 21.3 Å². The smallest absolute Gasteiger partial charge is 0.196 e. The molecule has 0 fully saturated rings. The van der Waals surface area contributed by atoms with Crippen molar-refractivity contribution in [3.63, 3.8) is 0 Å². The summed E-state index contributed by atoms with van der Waals surface area (Å²) in [5.41, 5.74) is 1.65. The number of Topliss-reactive ketones (excluding diaryl/α,β-unsaturated/α-hetero) is 1. The number of carbonyl (C=O) groups excluding carboxylic acids is 1. The first-order chi connectivity index (χ1) is 16.6. The number of para-hydroxylation sites is 1. The van der Waals surface area contributed by atoms with E-state index in [-0.39, 0.29) is 18.1 Å². The van der Waals surface area contributed by atoms with Crippen molar-refractivity contribution in [2.45, 2.75) is 24.6 Å². The molecule has 0 spiro atoms. The number of thiazole rings is 1. The van der Waals surface area contributed by atoms with Gasteiger partial charge in [-0.25, -0.2) is 4.98 Å². The molecule has 8 nitrogen and oxygen atoms in total. The van der Waals surface area contributed by atoms with Gasteiger partial charge >= 0.3 is 0 Å². The van der Waals surface area contributed by atoms with E-state index in [4.69, 9.17) is 9.47 Å². The van der Waals surface area contributed by atoms with Crippen LogP contribution in [0.4, 0.5) is 0 Å². The summed E-state index contributed by atoms with van der Waals surface area (Å²) in [6.45, 7) is 2.02. The summed E-state index contributed by atoms with van der Waals surface area (Å²) < 4.78 is 12.9. The zero-order chi connectivity index (χ0) is 23.9. The summed E-state index contributed by atoms with van der Waals surface area (Å²) in [6, 6.07) is 19.0. The first-order valence-electron chi connectivity index (χ1n) is 10.3. The van der Waals surface area contributed by atoms with Crippen LogP contribution in [-0.2, 0) is 11.4 Å². The number of carbonyl (C=O) groups is 1. The minimum atomic E-state index is -0.892. The summed E-state index contributed by atoms with van der Waals surface area (Å²) in [6.07, 6.45) is 0. The minimum Gasteiger partial charge on any atom is -0.497 e. The maximum Gasteiger partial charge on any atom is 0.196 e. The maximum absolute atomic E-state index is 12.8. The van der Waals surface area contributed by atoms with Gasteiger partial charge in [0.2, 0.25) is 0 Å². The third kappa shape index (κ3) is 5.44. The maximum atomic E-state index is 12.8.